The van der Waals surface area contributed by atoms with Crippen molar-refractivity contribution >= 4 is 17.5 Å². The van der Waals surface area contributed by atoms with Crippen molar-refractivity contribution in [1.82, 2.24) is 4.90 Å². The number of anilines is 1. The van der Waals surface area contributed by atoms with Crippen molar-refractivity contribution in [2.45, 2.75) is 39.3 Å². The molecule has 0 atom stereocenters. The van der Waals surface area contributed by atoms with E-state index in [1.165, 1.54) is 15.9 Å². The van der Waals surface area contributed by atoms with Crippen molar-refractivity contribution in [2.75, 3.05) is 25.1 Å². The molecule has 0 saturated heterocycles. The van der Waals surface area contributed by atoms with Gasteiger partial charge in [0.2, 0.25) is 11.8 Å². The van der Waals surface area contributed by atoms with Crippen LogP contribution in [-0.4, -0.2) is 43.5 Å². The topological polar surface area (TPSA) is 82.9 Å². The number of ether oxygens (including phenoxy) is 2. The van der Waals surface area contributed by atoms with Crippen LogP contribution in [0.4, 0.5) is 14.5 Å². The van der Waals surface area contributed by atoms with Crippen molar-refractivity contribution in [3.63, 3.8) is 0 Å². The fourth-order valence-corrected chi connectivity index (χ4v) is 3.18. The van der Waals surface area contributed by atoms with Crippen LogP contribution < -0.4 is 14.4 Å². The smallest absolute Gasteiger partial charge is 0.387 e. The Kier molecular flexibility index (Phi) is 10.1. The lowest BCUT2D eigenvalue weighted by Crippen LogP contribution is -2.33. The SMILES string of the molecule is CCOc1cc(CN(C)C(=O)CCC(=O)N(CCC#N)c2ccccc2)ccc1OC(F)F. The van der Waals surface area contributed by atoms with Gasteiger partial charge >= 0.3 is 6.61 Å². The van der Waals surface area contributed by atoms with E-state index < -0.39 is 6.61 Å². The Morgan fingerprint density at radius 1 is 1.06 bits per heavy atom. The van der Waals surface area contributed by atoms with Gasteiger partial charge in [-0.25, -0.2) is 0 Å². The Balaban J connectivity index is 1.98. The molecule has 2 aromatic rings. The molecule has 7 nitrogen and oxygen atoms in total. The lowest BCUT2D eigenvalue weighted by atomic mass is 10.1. The molecule has 2 amide bonds. The molecule has 0 fully saturated rings. The van der Waals surface area contributed by atoms with Gasteiger partial charge in [0, 0.05) is 38.7 Å². The molecule has 0 heterocycles. The molecule has 2 aromatic carbocycles. The maximum Gasteiger partial charge on any atom is 0.387 e. The van der Waals surface area contributed by atoms with Gasteiger partial charge in [0.05, 0.1) is 19.1 Å². The van der Waals surface area contributed by atoms with E-state index in [2.05, 4.69) is 4.74 Å². The zero-order valence-corrected chi connectivity index (χ0v) is 18.7. The summed E-state index contributed by atoms with van der Waals surface area (Å²) in [6, 6.07) is 15.5. The molecule has 0 aliphatic rings. The van der Waals surface area contributed by atoms with Gasteiger partial charge < -0.3 is 19.3 Å². The number of nitrogens with zero attached hydrogens (tertiary/aromatic N) is 3. The average molecular weight is 459 g/mol. The Bertz CT molecular complexity index is 964. The van der Waals surface area contributed by atoms with Crippen LogP contribution in [0.25, 0.3) is 0 Å². The summed E-state index contributed by atoms with van der Waals surface area (Å²) in [4.78, 5) is 28.3. The van der Waals surface area contributed by atoms with Crippen molar-refractivity contribution in [3.05, 3.63) is 54.1 Å². The van der Waals surface area contributed by atoms with E-state index in [0.717, 1.165) is 0 Å². The summed E-state index contributed by atoms with van der Waals surface area (Å²) in [5.74, 6) is -0.399. The third-order valence-electron chi connectivity index (χ3n) is 4.74. The molecular formula is C24H27F2N3O4. The largest absolute Gasteiger partial charge is 0.490 e. The number of carbonyl (C=O) groups is 2. The van der Waals surface area contributed by atoms with Crippen molar-refractivity contribution < 1.29 is 27.8 Å². The molecule has 0 radical (unpaired) electrons. The number of hydrogen-bond acceptors (Lipinski definition) is 5. The number of hydrogen-bond donors (Lipinski definition) is 0. The lowest BCUT2D eigenvalue weighted by Gasteiger charge is -2.23. The minimum atomic E-state index is -2.97. The zero-order valence-electron chi connectivity index (χ0n) is 18.7. The van der Waals surface area contributed by atoms with E-state index in [-0.39, 0.29) is 62.3 Å². The zero-order chi connectivity index (χ0) is 24.2. The molecule has 0 spiro atoms. The van der Waals surface area contributed by atoms with Crippen LogP contribution in [0.2, 0.25) is 0 Å². The molecule has 0 N–H and O–H groups in total. The molecule has 0 aliphatic carbocycles. The van der Waals surface area contributed by atoms with Crippen LogP contribution >= 0.6 is 0 Å². The summed E-state index contributed by atoms with van der Waals surface area (Å²) in [7, 11) is 1.60. The first-order valence-electron chi connectivity index (χ1n) is 10.5. The number of carbonyl (C=O) groups excluding carboxylic acids is 2. The molecule has 0 bridgehead atoms. The second kappa shape index (κ2) is 13.0. The Morgan fingerprint density at radius 2 is 1.76 bits per heavy atom. The number of para-hydroxylation sites is 1. The maximum absolute atomic E-state index is 12.7. The van der Waals surface area contributed by atoms with Gasteiger partial charge in [0.25, 0.3) is 0 Å². The molecule has 9 heteroatoms. The van der Waals surface area contributed by atoms with Gasteiger partial charge in [-0.3, -0.25) is 9.59 Å². The molecule has 0 aliphatic heterocycles. The number of alkyl halides is 2. The summed E-state index contributed by atoms with van der Waals surface area (Å²) >= 11 is 0. The molecule has 0 saturated carbocycles. The number of amides is 2. The Labute approximate surface area is 192 Å². The number of benzene rings is 2. The summed E-state index contributed by atoms with van der Waals surface area (Å²) in [6.07, 6.45) is 0.174. The number of halogens is 2. The van der Waals surface area contributed by atoms with E-state index in [1.54, 1.807) is 50.4 Å². The molecule has 0 aromatic heterocycles. The van der Waals surface area contributed by atoms with Crippen molar-refractivity contribution in [1.29, 1.82) is 5.26 Å². The van der Waals surface area contributed by atoms with E-state index in [4.69, 9.17) is 10.00 Å². The van der Waals surface area contributed by atoms with Gasteiger partial charge in [-0.2, -0.15) is 14.0 Å². The second-order valence-corrected chi connectivity index (χ2v) is 7.13. The van der Waals surface area contributed by atoms with Gasteiger partial charge in [0.15, 0.2) is 11.5 Å². The Morgan fingerprint density at radius 3 is 2.39 bits per heavy atom. The third kappa shape index (κ3) is 8.07. The lowest BCUT2D eigenvalue weighted by molar-refractivity contribution is -0.132. The highest BCUT2D eigenvalue weighted by atomic mass is 19.3. The second-order valence-electron chi connectivity index (χ2n) is 7.13. The number of rotatable bonds is 12. The fraction of sp³-hybridized carbons (Fsp3) is 0.375. The summed E-state index contributed by atoms with van der Waals surface area (Å²) in [6.45, 7) is -0.527. The van der Waals surface area contributed by atoms with Crippen LogP contribution in [0, 0.1) is 11.3 Å². The first-order valence-corrected chi connectivity index (χ1v) is 10.5. The highest BCUT2D eigenvalue weighted by molar-refractivity contribution is 5.95. The van der Waals surface area contributed by atoms with Crippen LogP contribution in [0.15, 0.2) is 48.5 Å². The predicted molar refractivity (Wildman–Crippen MR) is 119 cm³/mol. The molecule has 2 rings (SSSR count). The third-order valence-corrected chi connectivity index (χ3v) is 4.74. The molecule has 0 unspecified atom stereocenters. The van der Waals surface area contributed by atoms with Crippen LogP contribution in [0.5, 0.6) is 11.5 Å². The van der Waals surface area contributed by atoms with E-state index in [1.807, 2.05) is 12.1 Å². The predicted octanol–water partition coefficient (Wildman–Crippen LogP) is 4.37. The standard InChI is InChI=1S/C24H27F2N3O4/c1-3-32-21-16-18(10-11-20(21)33-24(25)26)17-28(2)22(30)12-13-23(31)29(15-7-14-27)19-8-5-4-6-9-19/h4-6,8-11,16,24H,3,7,12-13,15,17H2,1-2H3. The Hall–Kier alpha value is -3.67. The molecular weight excluding hydrogens is 432 g/mol. The molecule has 176 valence electrons. The highest BCUT2D eigenvalue weighted by Gasteiger charge is 2.19. The van der Waals surface area contributed by atoms with E-state index >= 15 is 0 Å². The maximum atomic E-state index is 12.7. The van der Waals surface area contributed by atoms with Crippen molar-refractivity contribution in [3.8, 4) is 17.6 Å². The highest BCUT2D eigenvalue weighted by Crippen LogP contribution is 2.30. The van der Waals surface area contributed by atoms with Gasteiger partial charge in [-0.05, 0) is 36.8 Å². The van der Waals surface area contributed by atoms with Gasteiger partial charge in [-0.1, -0.05) is 24.3 Å². The summed E-state index contributed by atoms with van der Waals surface area (Å²) in [5.41, 5.74) is 1.34. The fourth-order valence-electron chi connectivity index (χ4n) is 3.18. The minimum absolute atomic E-state index is 0.00385. The summed E-state index contributed by atoms with van der Waals surface area (Å²) < 4.78 is 34.9. The first kappa shape index (κ1) is 25.6. The van der Waals surface area contributed by atoms with Crippen LogP contribution in [0.3, 0.4) is 0 Å². The quantitative estimate of drug-likeness (QED) is 0.471. The summed E-state index contributed by atoms with van der Waals surface area (Å²) in [5, 5.41) is 8.89. The average Bonchev–Trinajstić information content (AvgIpc) is 2.80. The van der Waals surface area contributed by atoms with Crippen molar-refractivity contribution in [2.24, 2.45) is 0 Å². The monoisotopic (exact) mass is 459 g/mol. The minimum Gasteiger partial charge on any atom is -0.490 e. The number of nitriles is 1. The van der Waals surface area contributed by atoms with Crippen LogP contribution in [0.1, 0.15) is 31.7 Å². The van der Waals surface area contributed by atoms with Gasteiger partial charge in [-0.15, -0.1) is 0 Å². The van der Waals surface area contributed by atoms with E-state index in [0.29, 0.717) is 11.3 Å². The normalized spacial score (nSPS) is 10.4. The van der Waals surface area contributed by atoms with Gasteiger partial charge in [0.1, 0.15) is 0 Å². The van der Waals surface area contributed by atoms with E-state index in [9.17, 15) is 18.4 Å². The first-order chi connectivity index (χ1) is 15.8. The van der Waals surface area contributed by atoms with Crippen LogP contribution in [-0.2, 0) is 16.1 Å². The molecule has 33 heavy (non-hydrogen) atoms.